The quantitative estimate of drug-likeness (QED) is 0.0773. The van der Waals surface area contributed by atoms with Crippen molar-refractivity contribution in [2.45, 2.75) is 137 Å². The van der Waals surface area contributed by atoms with E-state index in [1.54, 1.807) is 0 Å². The number of rotatable bonds is 24. The van der Waals surface area contributed by atoms with Gasteiger partial charge in [0, 0.05) is 17.4 Å². The molecule has 0 fully saturated rings. The summed E-state index contributed by atoms with van der Waals surface area (Å²) in [5.74, 6) is 2.42. The van der Waals surface area contributed by atoms with Crippen LogP contribution in [0.2, 0.25) is 0 Å². The van der Waals surface area contributed by atoms with Crippen LogP contribution >= 0.6 is 0 Å². The first kappa shape index (κ1) is 34.7. The molecule has 0 aliphatic carbocycles. The zero-order valence-electron chi connectivity index (χ0n) is 27.5. The topological polar surface area (TPSA) is 35.5 Å². The average molecular weight is 587 g/mol. The molecule has 3 rings (SSSR count). The summed E-state index contributed by atoms with van der Waals surface area (Å²) < 4.78 is 12.3. The molecule has 0 heterocycles. The molecule has 0 aromatic heterocycles. The minimum absolute atomic E-state index is 0.216. The molecule has 3 nitrogen and oxygen atoms in total. The third-order valence-electron chi connectivity index (χ3n) is 8.73. The summed E-state index contributed by atoms with van der Waals surface area (Å²) in [5.41, 5.74) is 1.84. The highest BCUT2D eigenvalue weighted by molar-refractivity contribution is 5.96. The van der Waals surface area contributed by atoms with Gasteiger partial charge in [0.05, 0.1) is 6.61 Å². The monoisotopic (exact) mass is 586 g/mol. The van der Waals surface area contributed by atoms with Crippen molar-refractivity contribution in [3.05, 3.63) is 71.8 Å². The molecule has 1 atom stereocenters. The molecule has 0 radical (unpaired) electrons. The molecule has 0 spiro atoms. The van der Waals surface area contributed by atoms with Crippen molar-refractivity contribution in [1.29, 1.82) is 0 Å². The molecule has 3 heteroatoms. The number of fused-ring (bicyclic) bond motifs is 1. The molecule has 0 bridgehead atoms. The molecular weight excluding hydrogens is 528 g/mol. The van der Waals surface area contributed by atoms with E-state index in [2.05, 4.69) is 45.0 Å². The standard InChI is InChI=1S/C40H58O3/c1-4-6-7-8-9-10-11-12-13-14-15-16-17-18-19-29-42-37-27-28-38-36(31-37)21-20-22-40(38)43-32-34-23-25-35(26-24-34)39(41)30-33(3)5-2/h20-28,31,33H,4-19,29-30,32H2,1-3H3/t33-/m1/s1. The molecule has 0 aliphatic rings. The Kier molecular flexibility index (Phi) is 16.9. The minimum atomic E-state index is 0.216. The van der Waals surface area contributed by atoms with Crippen molar-refractivity contribution < 1.29 is 14.3 Å². The molecule has 0 saturated heterocycles. The van der Waals surface area contributed by atoms with Gasteiger partial charge in [0.2, 0.25) is 0 Å². The van der Waals surface area contributed by atoms with E-state index in [1.165, 1.54) is 89.9 Å². The van der Waals surface area contributed by atoms with Gasteiger partial charge in [-0.25, -0.2) is 0 Å². The second-order valence-electron chi connectivity index (χ2n) is 12.6. The molecule has 0 amide bonds. The van der Waals surface area contributed by atoms with Gasteiger partial charge in [0.25, 0.3) is 0 Å². The number of hydrogen-bond donors (Lipinski definition) is 0. The Balaban J connectivity index is 1.29. The summed E-state index contributed by atoms with van der Waals surface area (Å²) in [6, 6.07) is 20.3. The Morgan fingerprint density at radius 2 is 1.28 bits per heavy atom. The number of hydrogen-bond acceptors (Lipinski definition) is 3. The maximum absolute atomic E-state index is 12.4. The SMILES string of the molecule is CCCCCCCCCCCCCCCCCOc1ccc2c(OCc3ccc(C(=O)C[C@H](C)CC)cc3)cccc2c1. The Morgan fingerprint density at radius 3 is 1.88 bits per heavy atom. The highest BCUT2D eigenvalue weighted by Crippen LogP contribution is 2.29. The molecule has 3 aromatic carbocycles. The van der Waals surface area contributed by atoms with Gasteiger partial charge in [-0.05, 0) is 47.6 Å². The normalized spacial score (nSPS) is 12.0. The largest absolute Gasteiger partial charge is 0.494 e. The molecule has 0 unspecified atom stereocenters. The number of carbonyl (C=O) groups excluding carboxylic acids is 1. The number of benzene rings is 3. The Bertz CT molecular complexity index is 1170. The van der Waals surface area contributed by atoms with Crippen LogP contribution in [0, 0.1) is 5.92 Å². The predicted octanol–water partition coefficient (Wildman–Crippen LogP) is 12.3. The fourth-order valence-electron chi connectivity index (χ4n) is 5.64. The van der Waals surface area contributed by atoms with Gasteiger partial charge < -0.3 is 9.47 Å². The summed E-state index contributed by atoms with van der Waals surface area (Å²) in [6.45, 7) is 7.78. The third kappa shape index (κ3) is 13.6. The number of Topliss-reactive ketones (excluding diaryl/α,β-unsaturated/α-hetero) is 1. The third-order valence-corrected chi connectivity index (χ3v) is 8.73. The fraction of sp³-hybridized carbons (Fsp3) is 0.575. The first-order valence-electron chi connectivity index (χ1n) is 17.5. The zero-order valence-corrected chi connectivity index (χ0v) is 27.5. The Labute approximate surface area is 262 Å². The highest BCUT2D eigenvalue weighted by atomic mass is 16.5. The van der Waals surface area contributed by atoms with E-state index >= 15 is 0 Å². The van der Waals surface area contributed by atoms with Crippen molar-refractivity contribution in [2.24, 2.45) is 5.92 Å². The molecule has 3 aromatic rings. The molecule has 0 saturated carbocycles. The van der Waals surface area contributed by atoms with Gasteiger partial charge >= 0.3 is 0 Å². The number of ether oxygens (including phenoxy) is 2. The van der Waals surface area contributed by atoms with Crippen LogP contribution in [0.3, 0.4) is 0 Å². The summed E-state index contributed by atoms with van der Waals surface area (Å²) in [6.07, 6.45) is 22.2. The first-order chi connectivity index (χ1) is 21.1. The van der Waals surface area contributed by atoms with Gasteiger partial charge in [-0.15, -0.1) is 0 Å². The van der Waals surface area contributed by atoms with Crippen molar-refractivity contribution >= 4 is 16.6 Å². The van der Waals surface area contributed by atoms with Crippen molar-refractivity contribution in [1.82, 2.24) is 0 Å². The maximum atomic E-state index is 12.4. The van der Waals surface area contributed by atoms with Crippen LogP contribution in [0.1, 0.15) is 146 Å². The summed E-state index contributed by atoms with van der Waals surface area (Å²) in [4.78, 5) is 12.4. The smallest absolute Gasteiger partial charge is 0.163 e. The lowest BCUT2D eigenvalue weighted by Crippen LogP contribution is -2.05. The Hall–Kier alpha value is -2.81. The van der Waals surface area contributed by atoms with Gasteiger partial charge in [0.1, 0.15) is 18.1 Å². The van der Waals surface area contributed by atoms with E-state index in [-0.39, 0.29) is 5.78 Å². The second-order valence-corrected chi connectivity index (χ2v) is 12.6. The van der Waals surface area contributed by atoms with E-state index < -0.39 is 0 Å². The van der Waals surface area contributed by atoms with Crippen LogP contribution in [0.15, 0.2) is 60.7 Å². The van der Waals surface area contributed by atoms with Crippen LogP contribution < -0.4 is 9.47 Å². The van der Waals surface area contributed by atoms with E-state index in [9.17, 15) is 4.79 Å². The highest BCUT2D eigenvalue weighted by Gasteiger charge is 2.10. The lowest BCUT2D eigenvalue weighted by Gasteiger charge is -2.12. The lowest BCUT2D eigenvalue weighted by atomic mass is 9.97. The fourth-order valence-corrected chi connectivity index (χ4v) is 5.64. The van der Waals surface area contributed by atoms with Gasteiger partial charge in [-0.2, -0.15) is 0 Å². The number of carbonyl (C=O) groups is 1. The molecule has 0 N–H and O–H groups in total. The van der Waals surface area contributed by atoms with Gasteiger partial charge in [0.15, 0.2) is 5.78 Å². The summed E-state index contributed by atoms with van der Waals surface area (Å²) >= 11 is 0. The molecule has 43 heavy (non-hydrogen) atoms. The van der Waals surface area contributed by atoms with Crippen molar-refractivity contribution in [3.63, 3.8) is 0 Å². The van der Waals surface area contributed by atoms with Crippen molar-refractivity contribution in [3.8, 4) is 11.5 Å². The molecule has 236 valence electrons. The predicted molar refractivity (Wildman–Crippen MR) is 184 cm³/mol. The Morgan fingerprint density at radius 1 is 0.674 bits per heavy atom. The van der Waals surface area contributed by atoms with Crippen LogP contribution in [-0.2, 0) is 6.61 Å². The van der Waals surface area contributed by atoms with E-state index in [0.717, 1.165) is 52.8 Å². The first-order valence-corrected chi connectivity index (χ1v) is 17.5. The molecular formula is C40H58O3. The van der Waals surface area contributed by atoms with E-state index in [4.69, 9.17) is 9.47 Å². The summed E-state index contributed by atoms with van der Waals surface area (Å²) in [5, 5.41) is 2.21. The van der Waals surface area contributed by atoms with Crippen LogP contribution in [-0.4, -0.2) is 12.4 Å². The lowest BCUT2D eigenvalue weighted by molar-refractivity contribution is 0.0963. The van der Waals surface area contributed by atoms with Crippen LogP contribution in [0.5, 0.6) is 11.5 Å². The van der Waals surface area contributed by atoms with Gasteiger partial charge in [-0.1, -0.05) is 153 Å². The average Bonchev–Trinajstić information content (AvgIpc) is 3.03. The second kappa shape index (κ2) is 21.0. The number of ketones is 1. The van der Waals surface area contributed by atoms with Crippen molar-refractivity contribution in [2.75, 3.05) is 6.61 Å². The minimum Gasteiger partial charge on any atom is -0.494 e. The van der Waals surface area contributed by atoms with Crippen LogP contribution in [0.25, 0.3) is 10.8 Å². The summed E-state index contributed by atoms with van der Waals surface area (Å²) in [7, 11) is 0. The van der Waals surface area contributed by atoms with Gasteiger partial charge in [-0.3, -0.25) is 4.79 Å². The maximum Gasteiger partial charge on any atom is 0.163 e. The molecule has 0 aliphatic heterocycles. The van der Waals surface area contributed by atoms with Crippen LogP contribution in [0.4, 0.5) is 0 Å². The number of unbranched alkanes of at least 4 members (excludes halogenated alkanes) is 14. The van der Waals surface area contributed by atoms with E-state index in [1.807, 2.05) is 36.4 Å². The van der Waals surface area contributed by atoms with E-state index in [0.29, 0.717) is 18.9 Å². The zero-order chi connectivity index (χ0) is 30.5.